The molecule has 0 aromatic carbocycles. The van der Waals surface area contributed by atoms with E-state index < -0.39 is 11.4 Å². The van der Waals surface area contributed by atoms with Gasteiger partial charge in [-0.1, -0.05) is 0 Å². The smallest absolute Gasteiger partial charge is 0.313 e. The molecule has 1 amide bonds. The molecular formula is C17H25NO4S. The van der Waals surface area contributed by atoms with E-state index in [0.29, 0.717) is 19.4 Å². The van der Waals surface area contributed by atoms with Crippen LogP contribution in [-0.4, -0.2) is 48.7 Å². The predicted octanol–water partition coefficient (Wildman–Crippen LogP) is 2.64. The second-order valence-corrected chi connectivity index (χ2v) is 7.84. The van der Waals surface area contributed by atoms with Crippen LogP contribution in [0.1, 0.15) is 34.6 Å². The highest BCUT2D eigenvalue weighted by Crippen LogP contribution is 2.32. The molecule has 1 fully saturated rings. The summed E-state index contributed by atoms with van der Waals surface area (Å²) in [5, 5.41) is 9.44. The second kappa shape index (κ2) is 7.45. The molecule has 2 heterocycles. The fourth-order valence-electron chi connectivity index (χ4n) is 3.24. The van der Waals surface area contributed by atoms with Crippen molar-refractivity contribution in [2.75, 3.05) is 26.8 Å². The van der Waals surface area contributed by atoms with Crippen LogP contribution < -0.4 is 0 Å². The molecule has 5 nitrogen and oxygen atoms in total. The monoisotopic (exact) mass is 339 g/mol. The summed E-state index contributed by atoms with van der Waals surface area (Å²) in [4.78, 5) is 28.1. The van der Waals surface area contributed by atoms with E-state index in [2.05, 4.69) is 19.9 Å². The Morgan fingerprint density at radius 1 is 1.43 bits per heavy atom. The van der Waals surface area contributed by atoms with Gasteiger partial charge in [-0.2, -0.15) is 0 Å². The van der Waals surface area contributed by atoms with Crippen molar-refractivity contribution in [1.29, 1.82) is 0 Å². The Labute approximate surface area is 141 Å². The molecule has 0 saturated carbocycles. The van der Waals surface area contributed by atoms with E-state index in [1.165, 1.54) is 22.4 Å². The molecule has 1 atom stereocenters. The van der Waals surface area contributed by atoms with Gasteiger partial charge in [-0.15, -0.1) is 11.3 Å². The van der Waals surface area contributed by atoms with E-state index in [0.717, 1.165) is 12.8 Å². The van der Waals surface area contributed by atoms with Crippen molar-refractivity contribution in [3.05, 3.63) is 21.4 Å². The third kappa shape index (κ3) is 4.12. The van der Waals surface area contributed by atoms with Gasteiger partial charge in [0, 0.05) is 36.4 Å². The number of hydrogen-bond donors (Lipinski definition) is 1. The number of amides is 1. The van der Waals surface area contributed by atoms with Crippen LogP contribution in [0, 0.1) is 19.3 Å². The van der Waals surface area contributed by atoms with Gasteiger partial charge in [0.2, 0.25) is 5.91 Å². The average Bonchev–Trinajstić information content (AvgIpc) is 3.04. The molecule has 1 aliphatic heterocycles. The maximum absolute atomic E-state index is 12.3. The molecule has 23 heavy (non-hydrogen) atoms. The van der Waals surface area contributed by atoms with E-state index in [4.69, 9.17) is 4.74 Å². The van der Waals surface area contributed by atoms with Gasteiger partial charge in [0.25, 0.3) is 0 Å². The van der Waals surface area contributed by atoms with E-state index in [-0.39, 0.29) is 19.1 Å². The fraction of sp³-hybridized carbons (Fsp3) is 0.647. The number of methoxy groups -OCH3 is 1. The maximum atomic E-state index is 12.3. The van der Waals surface area contributed by atoms with Crippen molar-refractivity contribution in [2.45, 2.75) is 39.5 Å². The maximum Gasteiger partial charge on any atom is 0.313 e. The van der Waals surface area contributed by atoms with Gasteiger partial charge in [0.05, 0.1) is 6.61 Å². The van der Waals surface area contributed by atoms with Gasteiger partial charge >= 0.3 is 5.97 Å². The molecule has 1 unspecified atom stereocenters. The molecule has 0 bridgehead atoms. The minimum absolute atomic E-state index is 0.0498. The summed E-state index contributed by atoms with van der Waals surface area (Å²) in [6, 6.07) is 2.19. The van der Waals surface area contributed by atoms with E-state index >= 15 is 0 Å². The number of thiophene rings is 1. The topological polar surface area (TPSA) is 66.8 Å². The van der Waals surface area contributed by atoms with Gasteiger partial charge in [0.15, 0.2) is 0 Å². The summed E-state index contributed by atoms with van der Waals surface area (Å²) in [7, 11) is 1.50. The second-order valence-electron chi connectivity index (χ2n) is 6.38. The summed E-state index contributed by atoms with van der Waals surface area (Å²) in [6.07, 6.45) is 2.64. The Balaban J connectivity index is 1.85. The van der Waals surface area contributed by atoms with E-state index in [1.807, 2.05) is 0 Å². The summed E-state index contributed by atoms with van der Waals surface area (Å²) < 4.78 is 5.06. The van der Waals surface area contributed by atoms with Crippen molar-refractivity contribution in [2.24, 2.45) is 5.41 Å². The molecule has 1 N–H and O–H groups in total. The number of carboxylic acid groups (broad SMARTS) is 1. The molecule has 2 rings (SSSR count). The largest absolute Gasteiger partial charge is 0.481 e. The van der Waals surface area contributed by atoms with Crippen molar-refractivity contribution >= 4 is 23.2 Å². The van der Waals surface area contributed by atoms with Gasteiger partial charge in [-0.3, -0.25) is 9.59 Å². The van der Waals surface area contributed by atoms with Gasteiger partial charge in [0.1, 0.15) is 5.41 Å². The highest BCUT2D eigenvalue weighted by Gasteiger charge is 2.46. The molecule has 1 aromatic rings. The van der Waals surface area contributed by atoms with E-state index in [1.54, 1.807) is 16.2 Å². The minimum Gasteiger partial charge on any atom is -0.481 e. The lowest BCUT2D eigenvalue weighted by Crippen LogP contribution is -2.40. The van der Waals surface area contributed by atoms with Crippen LogP contribution in [0.2, 0.25) is 0 Å². The average molecular weight is 339 g/mol. The molecule has 1 aliphatic rings. The number of aliphatic carboxylic acids is 1. The molecule has 128 valence electrons. The Hall–Kier alpha value is -1.40. The number of rotatable bonds is 7. The standard InChI is InChI=1S/C17H25NO4S/c1-12-9-14(13(2)23-12)5-4-6-15(19)18-8-7-17(10-18,11-22-3)16(20)21/h9H,4-8,10-11H2,1-3H3,(H,20,21). The number of carbonyl (C=O) groups is 2. The molecule has 1 aromatic heterocycles. The molecular weight excluding hydrogens is 314 g/mol. The first-order chi connectivity index (χ1) is 10.9. The third-order valence-electron chi connectivity index (χ3n) is 4.56. The third-order valence-corrected chi connectivity index (χ3v) is 5.57. The zero-order chi connectivity index (χ0) is 17.0. The van der Waals surface area contributed by atoms with Gasteiger partial charge < -0.3 is 14.7 Å². The zero-order valence-electron chi connectivity index (χ0n) is 14.1. The SMILES string of the molecule is COCC1(C(=O)O)CCN(C(=O)CCCc2cc(C)sc2C)C1. The number of carboxylic acids is 1. The number of aryl methyl sites for hydroxylation is 3. The quantitative estimate of drug-likeness (QED) is 0.829. The first-order valence-electron chi connectivity index (χ1n) is 7.94. The Bertz CT molecular complexity index is 583. The lowest BCUT2D eigenvalue weighted by molar-refractivity contribution is -0.151. The minimum atomic E-state index is -0.939. The lowest BCUT2D eigenvalue weighted by Gasteiger charge is -2.23. The lowest BCUT2D eigenvalue weighted by atomic mass is 9.88. The van der Waals surface area contributed by atoms with Crippen molar-refractivity contribution < 1.29 is 19.4 Å². The van der Waals surface area contributed by atoms with E-state index in [9.17, 15) is 14.7 Å². The Morgan fingerprint density at radius 2 is 2.17 bits per heavy atom. The Morgan fingerprint density at radius 3 is 2.74 bits per heavy atom. The summed E-state index contributed by atoms with van der Waals surface area (Å²) in [5.41, 5.74) is 0.381. The predicted molar refractivity (Wildman–Crippen MR) is 89.9 cm³/mol. The molecule has 0 aliphatic carbocycles. The van der Waals surface area contributed by atoms with Crippen molar-refractivity contribution in [3.8, 4) is 0 Å². The number of carbonyl (C=O) groups excluding carboxylic acids is 1. The summed E-state index contributed by atoms with van der Waals surface area (Å²) >= 11 is 1.79. The van der Waals surface area contributed by atoms with Crippen molar-refractivity contribution in [3.63, 3.8) is 0 Å². The number of likely N-dealkylation sites (tertiary alicyclic amines) is 1. The van der Waals surface area contributed by atoms with Crippen LogP contribution >= 0.6 is 11.3 Å². The molecule has 6 heteroatoms. The fourth-order valence-corrected chi connectivity index (χ4v) is 4.21. The van der Waals surface area contributed by atoms with Crippen LogP contribution in [0.3, 0.4) is 0 Å². The molecule has 0 radical (unpaired) electrons. The highest BCUT2D eigenvalue weighted by molar-refractivity contribution is 7.12. The summed E-state index contributed by atoms with van der Waals surface area (Å²) in [6.45, 7) is 5.12. The van der Waals surface area contributed by atoms with Crippen LogP contribution in [0.4, 0.5) is 0 Å². The first-order valence-corrected chi connectivity index (χ1v) is 8.75. The number of hydrogen-bond acceptors (Lipinski definition) is 4. The van der Waals surface area contributed by atoms with Crippen LogP contribution in [-0.2, 0) is 20.7 Å². The zero-order valence-corrected chi connectivity index (χ0v) is 14.9. The van der Waals surface area contributed by atoms with Gasteiger partial charge in [-0.25, -0.2) is 0 Å². The highest BCUT2D eigenvalue weighted by atomic mass is 32.1. The van der Waals surface area contributed by atoms with Gasteiger partial charge in [-0.05, 0) is 44.7 Å². The van der Waals surface area contributed by atoms with Crippen molar-refractivity contribution in [1.82, 2.24) is 4.90 Å². The van der Waals surface area contributed by atoms with Crippen LogP contribution in [0.5, 0.6) is 0 Å². The van der Waals surface area contributed by atoms with Crippen LogP contribution in [0.25, 0.3) is 0 Å². The molecule has 1 saturated heterocycles. The number of ether oxygens (including phenoxy) is 1. The Kier molecular flexibility index (Phi) is 5.81. The first kappa shape index (κ1) is 17.9. The number of nitrogens with zero attached hydrogens (tertiary/aromatic N) is 1. The van der Waals surface area contributed by atoms with Crippen LogP contribution in [0.15, 0.2) is 6.07 Å². The normalized spacial score (nSPS) is 20.9. The summed E-state index contributed by atoms with van der Waals surface area (Å²) in [5.74, 6) is -0.826. The molecule has 0 spiro atoms.